The van der Waals surface area contributed by atoms with E-state index in [0.717, 1.165) is 17.7 Å². The van der Waals surface area contributed by atoms with Gasteiger partial charge in [-0.1, -0.05) is 30.8 Å². The first-order valence-corrected chi connectivity index (χ1v) is 9.66. The number of benzene rings is 1. The van der Waals surface area contributed by atoms with Gasteiger partial charge < -0.3 is 18.8 Å². The van der Waals surface area contributed by atoms with E-state index in [1.54, 1.807) is 0 Å². The number of thioether (sulfide) groups is 1. The van der Waals surface area contributed by atoms with E-state index in [9.17, 15) is 4.79 Å². The molecule has 7 nitrogen and oxygen atoms in total. The molecule has 1 fully saturated rings. The number of rotatable bonds is 7. The molecule has 8 heteroatoms. The second-order valence-electron chi connectivity index (χ2n) is 6.10. The molecule has 0 radical (unpaired) electrons. The number of aromatic nitrogens is 2. The third-order valence-corrected chi connectivity index (χ3v) is 4.87. The summed E-state index contributed by atoms with van der Waals surface area (Å²) in [5, 5.41) is 8.30. The molecule has 3 rings (SSSR count). The van der Waals surface area contributed by atoms with Gasteiger partial charge in [-0.3, -0.25) is 4.79 Å². The minimum Gasteiger partial charge on any atom is -0.484 e. The van der Waals surface area contributed by atoms with Crippen LogP contribution in [0.4, 0.5) is 0 Å². The molecule has 1 aliphatic rings. The van der Waals surface area contributed by atoms with Crippen LogP contribution in [-0.2, 0) is 16.1 Å². The van der Waals surface area contributed by atoms with Crippen molar-refractivity contribution in [1.29, 1.82) is 0 Å². The van der Waals surface area contributed by atoms with Gasteiger partial charge in [-0.15, -0.1) is 10.2 Å². The number of nitrogens with zero attached hydrogens (tertiary/aromatic N) is 3. The fraction of sp³-hybridized carbons (Fsp3) is 0.500. The largest absolute Gasteiger partial charge is 0.484 e. The van der Waals surface area contributed by atoms with Crippen LogP contribution in [-0.4, -0.2) is 52.6 Å². The maximum Gasteiger partial charge on any atom is 0.277 e. The molecule has 1 aromatic heterocycles. The van der Waals surface area contributed by atoms with Gasteiger partial charge in [0.05, 0.1) is 18.5 Å². The van der Waals surface area contributed by atoms with Gasteiger partial charge in [-0.2, -0.15) is 0 Å². The molecule has 1 saturated heterocycles. The number of amides is 1. The Balaban J connectivity index is 1.45. The molecule has 26 heavy (non-hydrogen) atoms. The maximum absolute atomic E-state index is 12.3. The molecule has 2 aromatic rings. The van der Waals surface area contributed by atoms with Gasteiger partial charge in [0.2, 0.25) is 5.91 Å². The smallest absolute Gasteiger partial charge is 0.277 e. The van der Waals surface area contributed by atoms with E-state index in [0.29, 0.717) is 30.8 Å². The number of hydrogen-bond donors (Lipinski definition) is 0. The maximum atomic E-state index is 12.3. The highest BCUT2D eigenvalue weighted by atomic mass is 32.2. The van der Waals surface area contributed by atoms with Crippen LogP contribution < -0.4 is 4.74 Å². The molecule has 1 amide bonds. The Labute approximate surface area is 157 Å². The number of aryl methyl sites for hydroxylation is 1. The van der Waals surface area contributed by atoms with Crippen LogP contribution >= 0.6 is 11.8 Å². The Morgan fingerprint density at radius 3 is 3.12 bits per heavy atom. The average molecular weight is 377 g/mol. The first-order valence-electron chi connectivity index (χ1n) is 8.68. The summed E-state index contributed by atoms with van der Waals surface area (Å²) in [7, 11) is 0. The van der Waals surface area contributed by atoms with Gasteiger partial charge in [-0.05, 0) is 31.0 Å². The van der Waals surface area contributed by atoms with Crippen molar-refractivity contribution in [2.24, 2.45) is 0 Å². The second-order valence-corrected chi connectivity index (χ2v) is 7.02. The molecule has 0 N–H and O–H groups in total. The zero-order valence-corrected chi connectivity index (χ0v) is 15.8. The van der Waals surface area contributed by atoms with Crippen LogP contribution in [0.2, 0.25) is 0 Å². The van der Waals surface area contributed by atoms with Crippen LogP contribution in [0.1, 0.15) is 24.8 Å². The summed E-state index contributed by atoms with van der Waals surface area (Å²) in [6, 6.07) is 7.75. The standard InChI is InChI=1S/C18H23N3O4S/c1-3-14-10-21(7-8-23-14)17(22)12-26-18-20-19-16(25-18)11-24-15-6-4-5-13(2)9-15/h4-6,9,14H,3,7-8,10-12H2,1-2H3. The molecule has 0 bridgehead atoms. The van der Waals surface area contributed by atoms with Crippen LogP contribution in [0.3, 0.4) is 0 Å². The summed E-state index contributed by atoms with van der Waals surface area (Å²) in [4.78, 5) is 14.2. The lowest BCUT2D eigenvalue weighted by atomic mass is 10.2. The Morgan fingerprint density at radius 1 is 1.42 bits per heavy atom. The fourth-order valence-corrected chi connectivity index (χ4v) is 3.30. The summed E-state index contributed by atoms with van der Waals surface area (Å²) < 4.78 is 16.8. The zero-order chi connectivity index (χ0) is 18.4. The lowest BCUT2D eigenvalue weighted by Gasteiger charge is -2.32. The highest BCUT2D eigenvalue weighted by Gasteiger charge is 2.23. The van der Waals surface area contributed by atoms with Crippen molar-refractivity contribution >= 4 is 17.7 Å². The predicted octanol–water partition coefficient (Wildman–Crippen LogP) is 2.69. The van der Waals surface area contributed by atoms with Crippen molar-refractivity contribution in [2.75, 3.05) is 25.4 Å². The van der Waals surface area contributed by atoms with E-state index in [1.165, 1.54) is 11.8 Å². The Kier molecular flexibility index (Phi) is 6.51. The number of ether oxygens (including phenoxy) is 2. The molecule has 0 aliphatic carbocycles. The van der Waals surface area contributed by atoms with E-state index < -0.39 is 0 Å². The third-order valence-electron chi connectivity index (χ3n) is 4.07. The predicted molar refractivity (Wildman–Crippen MR) is 97.1 cm³/mol. The average Bonchev–Trinajstić information content (AvgIpc) is 3.12. The van der Waals surface area contributed by atoms with Gasteiger partial charge in [0.15, 0.2) is 6.61 Å². The SMILES string of the molecule is CCC1CN(C(=O)CSc2nnc(COc3cccc(C)c3)o2)CCO1. The van der Waals surface area contributed by atoms with Crippen molar-refractivity contribution in [2.45, 2.75) is 38.2 Å². The van der Waals surface area contributed by atoms with Gasteiger partial charge >= 0.3 is 0 Å². The molecule has 1 aliphatic heterocycles. The Bertz CT molecular complexity index is 737. The highest BCUT2D eigenvalue weighted by molar-refractivity contribution is 7.99. The fourth-order valence-electron chi connectivity index (χ4n) is 2.61. The van der Waals surface area contributed by atoms with Crippen LogP contribution in [0.5, 0.6) is 5.75 Å². The summed E-state index contributed by atoms with van der Waals surface area (Å²) in [6.45, 7) is 6.14. The van der Waals surface area contributed by atoms with E-state index in [1.807, 2.05) is 36.1 Å². The first-order chi connectivity index (χ1) is 12.6. The molecular formula is C18H23N3O4S. The molecule has 140 valence electrons. The lowest BCUT2D eigenvalue weighted by Crippen LogP contribution is -2.46. The van der Waals surface area contributed by atoms with Crippen LogP contribution in [0.15, 0.2) is 33.9 Å². The molecular weight excluding hydrogens is 354 g/mol. The normalized spacial score (nSPS) is 17.3. The summed E-state index contributed by atoms with van der Waals surface area (Å²) in [5.74, 6) is 1.48. The number of carbonyl (C=O) groups is 1. The van der Waals surface area contributed by atoms with Gasteiger partial charge in [0.1, 0.15) is 5.75 Å². The van der Waals surface area contributed by atoms with Crippen molar-refractivity contribution < 1.29 is 18.7 Å². The third kappa shape index (κ3) is 5.22. The van der Waals surface area contributed by atoms with Gasteiger partial charge in [-0.25, -0.2) is 0 Å². The molecule has 1 atom stereocenters. The van der Waals surface area contributed by atoms with Crippen molar-refractivity contribution in [3.8, 4) is 5.75 Å². The molecule has 0 saturated carbocycles. The van der Waals surface area contributed by atoms with Crippen LogP contribution in [0.25, 0.3) is 0 Å². The first kappa shape index (κ1) is 18.7. The molecule has 1 aromatic carbocycles. The summed E-state index contributed by atoms with van der Waals surface area (Å²) in [5.41, 5.74) is 1.12. The molecule has 0 spiro atoms. The monoisotopic (exact) mass is 377 g/mol. The number of carbonyl (C=O) groups excluding carboxylic acids is 1. The lowest BCUT2D eigenvalue weighted by molar-refractivity contribution is -0.135. The highest BCUT2D eigenvalue weighted by Crippen LogP contribution is 2.19. The number of morpholine rings is 1. The topological polar surface area (TPSA) is 77.7 Å². The minimum atomic E-state index is 0.0625. The zero-order valence-electron chi connectivity index (χ0n) is 15.0. The quantitative estimate of drug-likeness (QED) is 0.687. The number of hydrogen-bond acceptors (Lipinski definition) is 7. The minimum absolute atomic E-state index is 0.0625. The molecule has 1 unspecified atom stereocenters. The Morgan fingerprint density at radius 2 is 2.31 bits per heavy atom. The molecule has 2 heterocycles. The van der Waals surface area contributed by atoms with E-state index in [-0.39, 0.29) is 24.4 Å². The van der Waals surface area contributed by atoms with E-state index in [2.05, 4.69) is 17.1 Å². The van der Waals surface area contributed by atoms with Crippen molar-refractivity contribution in [3.05, 3.63) is 35.7 Å². The van der Waals surface area contributed by atoms with Crippen LogP contribution in [0, 0.1) is 6.92 Å². The summed E-state index contributed by atoms with van der Waals surface area (Å²) in [6.07, 6.45) is 1.04. The van der Waals surface area contributed by atoms with Gasteiger partial charge in [0, 0.05) is 13.1 Å². The van der Waals surface area contributed by atoms with E-state index >= 15 is 0 Å². The van der Waals surface area contributed by atoms with Gasteiger partial charge in [0.25, 0.3) is 11.1 Å². The Hall–Kier alpha value is -2.06. The van der Waals surface area contributed by atoms with Crippen molar-refractivity contribution in [3.63, 3.8) is 0 Å². The second kappa shape index (κ2) is 9.05. The summed E-state index contributed by atoms with van der Waals surface area (Å²) >= 11 is 1.25. The van der Waals surface area contributed by atoms with Crippen molar-refractivity contribution in [1.82, 2.24) is 15.1 Å². The van der Waals surface area contributed by atoms with E-state index in [4.69, 9.17) is 13.9 Å².